The molecule has 18 heavy (non-hydrogen) atoms. The van der Waals surface area contributed by atoms with E-state index in [9.17, 15) is 4.79 Å². The Labute approximate surface area is 107 Å². The van der Waals surface area contributed by atoms with Crippen molar-refractivity contribution in [1.29, 1.82) is 5.26 Å². The zero-order valence-electron chi connectivity index (χ0n) is 10.2. The summed E-state index contributed by atoms with van der Waals surface area (Å²) in [5.41, 5.74) is 1.22. The minimum Gasteiger partial charge on any atom is -0.378 e. The normalized spacial score (nSPS) is 18.3. The van der Waals surface area contributed by atoms with E-state index in [0.717, 1.165) is 25.9 Å². The molecule has 0 aliphatic carbocycles. The van der Waals surface area contributed by atoms with Crippen LogP contribution in [0, 0.1) is 11.3 Å². The molecule has 1 aliphatic rings. The topological polar surface area (TPSA) is 62.1 Å². The van der Waals surface area contributed by atoms with Crippen LogP contribution < -0.4 is 5.32 Å². The molecule has 4 nitrogen and oxygen atoms in total. The number of anilines is 1. The summed E-state index contributed by atoms with van der Waals surface area (Å²) in [7, 11) is 0. The number of ether oxygens (including phenoxy) is 1. The number of hydrogen-bond donors (Lipinski definition) is 1. The summed E-state index contributed by atoms with van der Waals surface area (Å²) in [6.07, 6.45) is 3.61. The third-order valence-corrected chi connectivity index (χ3v) is 2.99. The first-order valence-corrected chi connectivity index (χ1v) is 6.19. The molecule has 0 radical (unpaired) electrons. The van der Waals surface area contributed by atoms with Crippen LogP contribution in [0.25, 0.3) is 0 Å². The molecule has 0 bridgehead atoms. The second-order valence-corrected chi connectivity index (χ2v) is 4.41. The second-order valence-electron chi connectivity index (χ2n) is 4.41. The third kappa shape index (κ3) is 3.57. The Kier molecular flexibility index (Phi) is 4.32. The van der Waals surface area contributed by atoms with Gasteiger partial charge < -0.3 is 10.1 Å². The van der Waals surface area contributed by atoms with E-state index in [0.29, 0.717) is 17.7 Å². The van der Waals surface area contributed by atoms with Crippen molar-refractivity contribution in [2.24, 2.45) is 0 Å². The fourth-order valence-electron chi connectivity index (χ4n) is 2.05. The summed E-state index contributed by atoms with van der Waals surface area (Å²) in [5, 5.41) is 11.6. The molecule has 1 aliphatic heterocycles. The van der Waals surface area contributed by atoms with Crippen LogP contribution >= 0.6 is 0 Å². The van der Waals surface area contributed by atoms with Crippen molar-refractivity contribution in [3.05, 3.63) is 29.8 Å². The van der Waals surface area contributed by atoms with E-state index in [2.05, 4.69) is 5.32 Å². The smallest absolute Gasteiger partial charge is 0.224 e. The predicted octanol–water partition coefficient (Wildman–Crippen LogP) is 2.46. The average molecular weight is 244 g/mol. The number of carbonyl (C=O) groups excluding carboxylic acids is 1. The first-order valence-electron chi connectivity index (χ1n) is 6.19. The molecule has 4 heteroatoms. The van der Waals surface area contributed by atoms with Crippen LogP contribution in [-0.4, -0.2) is 18.6 Å². The van der Waals surface area contributed by atoms with E-state index >= 15 is 0 Å². The Morgan fingerprint density at radius 1 is 1.56 bits per heavy atom. The summed E-state index contributed by atoms with van der Waals surface area (Å²) in [6.45, 7) is 0.816. The number of benzene rings is 1. The van der Waals surface area contributed by atoms with Crippen LogP contribution in [-0.2, 0) is 9.53 Å². The van der Waals surface area contributed by atoms with Crippen molar-refractivity contribution in [3.63, 3.8) is 0 Å². The average Bonchev–Trinajstić information content (AvgIpc) is 2.90. The van der Waals surface area contributed by atoms with Gasteiger partial charge in [-0.05, 0) is 37.5 Å². The van der Waals surface area contributed by atoms with E-state index in [1.54, 1.807) is 24.3 Å². The lowest BCUT2D eigenvalue weighted by molar-refractivity contribution is -0.116. The zero-order chi connectivity index (χ0) is 12.8. The Morgan fingerprint density at radius 3 is 3.17 bits per heavy atom. The van der Waals surface area contributed by atoms with Gasteiger partial charge in [0.15, 0.2) is 0 Å². The van der Waals surface area contributed by atoms with E-state index in [-0.39, 0.29) is 12.0 Å². The van der Waals surface area contributed by atoms with E-state index in [1.165, 1.54) is 0 Å². The standard InChI is InChI=1S/C14H16N2O2/c15-10-11-3-1-4-12(9-11)16-14(17)7-6-13-5-2-8-18-13/h1,3-4,9,13H,2,5-8H2,(H,16,17). The first kappa shape index (κ1) is 12.6. The first-order chi connectivity index (χ1) is 8.78. The molecular formula is C14H16N2O2. The molecule has 1 N–H and O–H groups in total. The van der Waals surface area contributed by atoms with Crippen molar-refractivity contribution in [2.45, 2.75) is 31.8 Å². The Morgan fingerprint density at radius 2 is 2.44 bits per heavy atom. The lowest BCUT2D eigenvalue weighted by Crippen LogP contribution is -2.15. The van der Waals surface area contributed by atoms with Crippen LogP contribution in [0.3, 0.4) is 0 Å². The van der Waals surface area contributed by atoms with Crippen LogP contribution in [0.2, 0.25) is 0 Å². The molecule has 1 heterocycles. The zero-order valence-corrected chi connectivity index (χ0v) is 10.2. The molecule has 0 aromatic heterocycles. The van der Waals surface area contributed by atoms with E-state index < -0.39 is 0 Å². The highest BCUT2D eigenvalue weighted by atomic mass is 16.5. The molecule has 0 spiro atoms. The summed E-state index contributed by atoms with van der Waals surface area (Å²) in [4.78, 5) is 11.7. The molecule has 1 atom stereocenters. The van der Waals surface area contributed by atoms with Gasteiger partial charge in [0.05, 0.1) is 17.7 Å². The lowest BCUT2D eigenvalue weighted by atomic mass is 10.1. The highest BCUT2D eigenvalue weighted by Crippen LogP contribution is 2.17. The minimum atomic E-state index is -0.0272. The van der Waals surface area contributed by atoms with Crippen molar-refractivity contribution >= 4 is 11.6 Å². The quantitative estimate of drug-likeness (QED) is 0.884. The summed E-state index contributed by atoms with van der Waals surface area (Å²) < 4.78 is 5.47. The fourth-order valence-corrected chi connectivity index (χ4v) is 2.05. The maximum absolute atomic E-state index is 11.7. The second kappa shape index (κ2) is 6.18. The number of amides is 1. The summed E-state index contributed by atoms with van der Waals surface area (Å²) in [6, 6.07) is 8.97. The van der Waals surface area contributed by atoms with Crippen LogP contribution in [0.4, 0.5) is 5.69 Å². The molecule has 1 saturated heterocycles. The molecule has 1 aromatic carbocycles. The number of nitrogens with one attached hydrogen (secondary N) is 1. The number of hydrogen-bond acceptors (Lipinski definition) is 3. The highest BCUT2D eigenvalue weighted by Gasteiger charge is 2.16. The molecule has 94 valence electrons. The van der Waals surface area contributed by atoms with Crippen molar-refractivity contribution in [1.82, 2.24) is 0 Å². The monoisotopic (exact) mass is 244 g/mol. The van der Waals surface area contributed by atoms with E-state index in [4.69, 9.17) is 10.00 Å². The van der Waals surface area contributed by atoms with Gasteiger partial charge in [0, 0.05) is 18.7 Å². The molecule has 1 fully saturated rings. The molecule has 0 saturated carbocycles. The maximum atomic E-state index is 11.7. The van der Waals surface area contributed by atoms with Gasteiger partial charge in [0.2, 0.25) is 5.91 Å². The SMILES string of the molecule is N#Cc1cccc(NC(=O)CCC2CCCO2)c1. The van der Waals surface area contributed by atoms with Gasteiger partial charge in [0.1, 0.15) is 0 Å². The summed E-state index contributed by atoms with van der Waals surface area (Å²) >= 11 is 0. The third-order valence-electron chi connectivity index (χ3n) is 2.99. The lowest BCUT2D eigenvalue weighted by Gasteiger charge is -2.09. The van der Waals surface area contributed by atoms with Gasteiger partial charge in [0.25, 0.3) is 0 Å². The van der Waals surface area contributed by atoms with Crippen molar-refractivity contribution in [2.75, 3.05) is 11.9 Å². The fraction of sp³-hybridized carbons (Fsp3) is 0.429. The van der Waals surface area contributed by atoms with Crippen LogP contribution in [0.5, 0.6) is 0 Å². The Hall–Kier alpha value is -1.86. The molecule has 1 unspecified atom stereocenters. The van der Waals surface area contributed by atoms with E-state index in [1.807, 2.05) is 6.07 Å². The number of nitriles is 1. The molecule has 2 rings (SSSR count). The Balaban J connectivity index is 1.81. The highest BCUT2D eigenvalue weighted by molar-refractivity contribution is 5.90. The van der Waals surface area contributed by atoms with Crippen LogP contribution in [0.1, 0.15) is 31.2 Å². The maximum Gasteiger partial charge on any atom is 0.224 e. The Bertz CT molecular complexity index is 459. The minimum absolute atomic E-state index is 0.0272. The summed E-state index contributed by atoms with van der Waals surface area (Å²) in [5.74, 6) is -0.0272. The molecular weight excluding hydrogens is 228 g/mol. The van der Waals surface area contributed by atoms with Gasteiger partial charge in [-0.1, -0.05) is 6.07 Å². The van der Waals surface area contributed by atoms with Crippen molar-refractivity contribution < 1.29 is 9.53 Å². The van der Waals surface area contributed by atoms with Gasteiger partial charge in [-0.2, -0.15) is 5.26 Å². The predicted molar refractivity (Wildman–Crippen MR) is 68.0 cm³/mol. The largest absolute Gasteiger partial charge is 0.378 e. The van der Waals surface area contributed by atoms with Gasteiger partial charge >= 0.3 is 0 Å². The van der Waals surface area contributed by atoms with Gasteiger partial charge in [-0.15, -0.1) is 0 Å². The molecule has 1 aromatic rings. The number of nitrogens with zero attached hydrogens (tertiary/aromatic N) is 1. The van der Waals surface area contributed by atoms with Crippen molar-refractivity contribution in [3.8, 4) is 6.07 Å². The van der Waals surface area contributed by atoms with Gasteiger partial charge in [-0.25, -0.2) is 0 Å². The number of rotatable bonds is 4. The number of carbonyl (C=O) groups is 1. The van der Waals surface area contributed by atoms with Crippen LogP contribution in [0.15, 0.2) is 24.3 Å². The molecule has 1 amide bonds. The van der Waals surface area contributed by atoms with Gasteiger partial charge in [-0.3, -0.25) is 4.79 Å².